The molecule has 0 amide bonds. The van der Waals surface area contributed by atoms with Gasteiger partial charge in [-0.2, -0.15) is 5.26 Å². The zero-order valence-corrected chi connectivity index (χ0v) is 12.4. The SMILES string of the molecule is COC(=O)/C(C#N)=C1\SCCCN1c1cccc(C)c1. The highest BCUT2D eigenvalue weighted by Gasteiger charge is 2.25. The second kappa shape index (κ2) is 6.49. The van der Waals surface area contributed by atoms with E-state index in [0.717, 1.165) is 30.0 Å². The van der Waals surface area contributed by atoms with Crippen molar-refractivity contribution in [3.8, 4) is 6.07 Å². The van der Waals surface area contributed by atoms with Crippen molar-refractivity contribution in [2.75, 3.05) is 24.3 Å². The van der Waals surface area contributed by atoms with Crippen LogP contribution in [0.4, 0.5) is 5.69 Å². The number of benzene rings is 1. The Hall–Kier alpha value is -1.93. The van der Waals surface area contributed by atoms with Crippen LogP contribution in [0.25, 0.3) is 0 Å². The van der Waals surface area contributed by atoms with Crippen LogP contribution < -0.4 is 4.90 Å². The molecule has 5 heteroatoms. The van der Waals surface area contributed by atoms with E-state index in [1.54, 1.807) is 0 Å². The maximum Gasteiger partial charge on any atom is 0.351 e. The lowest BCUT2D eigenvalue weighted by atomic mass is 10.2. The Balaban J connectivity index is 2.47. The lowest BCUT2D eigenvalue weighted by Gasteiger charge is -2.31. The first kappa shape index (κ1) is 14.5. The zero-order valence-electron chi connectivity index (χ0n) is 11.5. The van der Waals surface area contributed by atoms with Crippen LogP contribution in [-0.2, 0) is 9.53 Å². The average Bonchev–Trinajstić information content (AvgIpc) is 2.48. The minimum atomic E-state index is -0.574. The van der Waals surface area contributed by atoms with Gasteiger partial charge in [0.15, 0.2) is 5.57 Å². The van der Waals surface area contributed by atoms with Gasteiger partial charge in [-0.15, -0.1) is 11.8 Å². The molecule has 0 N–H and O–H groups in total. The van der Waals surface area contributed by atoms with Crippen LogP contribution in [0.15, 0.2) is 34.9 Å². The van der Waals surface area contributed by atoms with E-state index in [4.69, 9.17) is 4.74 Å². The second-order valence-electron chi connectivity index (χ2n) is 4.48. The number of nitriles is 1. The van der Waals surface area contributed by atoms with Crippen molar-refractivity contribution < 1.29 is 9.53 Å². The number of carbonyl (C=O) groups is 1. The van der Waals surface area contributed by atoms with Crippen LogP contribution in [0.3, 0.4) is 0 Å². The van der Waals surface area contributed by atoms with Crippen molar-refractivity contribution in [1.82, 2.24) is 0 Å². The minimum absolute atomic E-state index is 0.0821. The van der Waals surface area contributed by atoms with Crippen LogP contribution in [0.2, 0.25) is 0 Å². The van der Waals surface area contributed by atoms with Gasteiger partial charge < -0.3 is 9.64 Å². The molecule has 1 aromatic rings. The van der Waals surface area contributed by atoms with Gasteiger partial charge in [-0.25, -0.2) is 4.79 Å². The molecule has 0 unspecified atom stereocenters. The van der Waals surface area contributed by atoms with Crippen LogP contribution in [-0.4, -0.2) is 25.4 Å². The lowest BCUT2D eigenvalue weighted by molar-refractivity contribution is -0.135. The third-order valence-electron chi connectivity index (χ3n) is 3.04. The molecular formula is C15H16N2O2S. The van der Waals surface area contributed by atoms with Gasteiger partial charge in [0.1, 0.15) is 11.1 Å². The first-order valence-corrected chi connectivity index (χ1v) is 7.35. The number of ether oxygens (including phenoxy) is 1. The average molecular weight is 288 g/mol. The van der Waals surface area contributed by atoms with Crippen LogP contribution >= 0.6 is 11.8 Å². The first-order chi connectivity index (χ1) is 9.67. The molecule has 2 rings (SSSR count). The van der Waals surface area contributed by atoms with Crippen LogP contribution in [0, 0.1) is 18.3 Å². The predicted octanol–water partition coefficient (Wildman–Crippen LogP) is 2.85. The maximum atomic E-state index is 11.7. The Morgan fingerprint density at radius 2 is 2.30 bits per heavy atom. The van der Waals surface area contributed by atoms with E-state index in [0.29, 0.717) is 5.03 Å². The molecule has 4 nitrogen and oxygen atoms in total. The number of rotatable bonds is 2. The molecule has 1 saturated heterocycles. The van der Waals surface area contributed by atoms with Crippen molar-refractivity contribution in [2.45, 2.75) is 13.3 Å². The Morgan fingerprint density at radius 3 is 2.95 bits per heavy atom. The second-order valence-corrected chi connectivity index (χ2v) is 5.56. The maximum absolute atomic E-state index is 11.7. The summed E-state index contributed by atoms with van der Waals surface area (Å²) in [6, 6.07) is 10.0. The van der Waals surface area contributed by atoms with Gasteiger partial charge in [0.2, 0.25) is 0 Å². The molecule has 1 aliphatic heterocycles. The standard InChI is InChI=1S/C15H16N2O2S/c1-11-5-3-6-12(9-11)17-7-4-8-20-14(17)13(10-16)15(18)19-2/h3,5-6,9H,4,7-8H2,1-2H3/b14-13-. The van der Waals surface area contributed by atoms with E-state index >= 15 is 0 Å². The van der Waals surface area contributed by atoms with Crippen molar-refractivity contribution in [1.29, 1.82) is 5.26 Å². The molecule has 20 heavy (non-hydrogen) atoms. The van der Waals surface area contributed by atoms with E-state index in [-0.39, 0.29) is 5.57 Å². The summed E-state index contributed by atoms with van der Waals surface area (Å²) in [6.45, 7) is 2.82. The molecule has 1 fully saturated rings. The summed E-state index contributed by atoms with van der Waals surface area (Å²) in [5.41, 5.74) is 2.23. The number of carbonyl (C=O) groups excluding carboxylic acids is 1. The van der Waals surface area contributed by atoms with Gasteiger partial charge in [0.05, 0.1) is 7.11 Å². The quantitative estimate of drug-likeness (QED) is 0.476. The summed E-state index contributed by atoms with van der Waals surface area (Å²) in [6.07, 6.45) is 1.02. The lowest BCUT2D eigenvalue weighted by Crippen LogP contribution is -2.29. The summed E-state index contributed by atoms with van der Waals surface area (Å²) in [5, 5.41) is 9.94. The summed E-state index contributed by atoms with van der Waals surface area (Å²) in [4.78, 5) is 13.8. The minimum Gasteiger partial charge on any atom is -0.465 e. The Morgan fingerprint density at radius 1 is 1.50 bits per heavy atom. The Labute approximate surface area is 123 Å². The normalized spacial score (nSPS) is 17.4. The molecule has 0 aromatic heterocycles. The third-order valence-corrected chi connectivity index (χ3v) is 4.23. The topological polar surface area (TPSA) is 53.3 Å². The zero-order chi connectivity index (χ0) is 14.5. The summed E-state index contributed by atoms with van der Waals surface area (Å²) >= 11 is 1.53. The highest BCUT2D eigenvalue weighted by molar-refractivity contribution is 8.03. The fraction of sp³-hybridized carbons (Fsp3) is 0.333. The first-order valence-electron chi connectivity index (χ1n) is 6.37. The van der Waals surface area contributed by atoms with Gasteiger partial charge in [-0.1, -0.05) is 12.1 Å². The molecule has 104 valence electrons. The number of hydrogen-bond acceptors (Lipinski definition) is 5. The van der Waals surface area contributed by atoms with Crippen molar-refractivity contribution in [2.24, 2.45) is 0 Å². The van der Waals surface area contributed by atoms with E-state index in [9.17, 15) is 10.1 Å². The van der Waals surface area contributed by atoms with Gasteiger partial charge in [-0.3, -0.25) is 0 Å². The van der Waals surface area contributed by atoms with E-state index in [1.165, 1.54) is 18.9 Å². The van der Waals surface area contributed by atoms with E-state index < -0.39 is 5.97 Å². The number of hydrogen-bond donors (Lipinski definition) is 0. The monoisotopic (exact) mass is 288 g/mol. The third kappa shape index (κ3) is 2.97. The van der Waals surface area contributed by atoms with Crippen molar-refractivity contribution >= 4 is 23.4 Å². The van der Waals surface area contributed by atoms with Crippen LogP contribution in [0.5, 0.6) is 0 Å². The fourth-order valence-corrected chi connectivity index (χ4v) is 3.20. The van der Waals surface area contributed by atoms with Crippen molar-refractivity contribution in [3.63, 3.8) is 0 Å². The van der Waals surface area contributed by atoms with Gasteiger partial charge >= 0.3 is 5.97 Å². The summed E-state index contributed by atoms with van der Waals surface area (Å²) in [5.74, 6) is 0.328. The van der Waals surface area contributed by atoms with E-state index in [2.05, 4.69) is 6.07 Å². The largest absolute Gasteiger partial charge is 0.465 e. The van der Waals surface area contributed by atoms with Crippen LogP contribution in [0.1, 0.15) is 12.0 Å². The van der Waals surface area contributed by atoms with Crippen molar-refractivity contribution in [3.05, 3.63) is 40.4 Å². The number of aryl methyl sites for hydroxylation is 1. The van der Waals surface area contributed by atoms with E-state index in [1.807, 2.05) is 36.1 Å². The number of methoxy groups -OCH3 is 1. The smallest absolute Gasteiger partial charge is 0.351 e. The molecule has 1 heterocycles. The Bertz CT molecular complexity index is 590. The highest BCUT2D eigenvalue weighted by atomic mass is 32.2. The van der Waals surface area contributed by atoms with Gasteiger partial charge in [0, 0.05) is 18.0 Å². The molecule has 0 atom stereocenters. The summed E-state index contributed by atoms with van der Waals surface area (Å²) < 4.78 is 4.71. The van der Waals surface area contributed by atoms with Gasteiger partial charge in [0.25, 0.3) is 0 Å². The molecular weight excluding hydrogens is 272 g/mol. The molecule has 0 aliphatic carbocycles. The number of esters is 1. The fourth-order valence-electron chi connectivity index (χ4n) is 2.10. The number of nitrogens with zero attached hydrogens (tertiary/aromatic N) is 2. The molecule has 1 aliphatic rings. The molecule has 0 spiro atoms. The predicted molar refractivity (Wildman–Crippen MR) is 80.3 cm³/mol. The molecule has 0 radical (unpaired) electrons. The molecule has 0 bridgehead atoms. The molecule has 1 aromatic carbocycles. The number of anilines is 1. The summed E-state index contributed by atoms with van der Waals surface area (Å²) in [7, 11) is 1.30. The Kier molecular flexibility index (Phi) is 4.70. The molecule has 0 saturated carbocycles. The van der Waals surface area contributed by atoms with Gasteiger partial charge in [-0.05, 0) is 31.0 Å². The number of thioether (sulfide) groups is 1. The highest BCUT2D eigenvalue weighted by Crippen LogP contribution is 2.34.